The van der Waals surface area contributed by atoms with Gasteiger partial charge >= 0.3 is 0 Å². The molecule has 2 heterocycles. The summed E-state index contributed by atoms with van der Waals surface area (Å²) in [6.07, 6.45) is 2.73. The number of rotatable bonds is 4. The van der Waals surface area contributed by atoms with E-state index in [4.69, 9.17) is 0 Å². The van der Waals surface area contributed by atoms with Crippen molar-refractivity contribution in [2.24, 2.45) is 0 Å². The third-order valence-corrected chi connectivity index (χ3v) is 7.54. The average molecular weight is 482 g/mol. The predicted octanol–water partition coefficient (Wildman–Crippen LogP) is 5.53. The Morgan fingerprint density at radius 1 is 1.26 bits per heavy atom. The minimum atomic E-state index is -0.641. The van der Waals surface area contributed by atoms with Gasteiger partial charge in [-0.15, -0.1) is 0 Å². The van der Waals surface area contributed by atoms with Crippen molar-refractivity contribution in [3.05, 3.63) is 63.8 Å². The number of imide groups is 1. The minimum absolute atomic E-state index is 0.00182. The number of nitrogens with zero attached hydrogens (tertiary/aromatic N) is 2. The lowest BCUT2D eigenvalue weighted by atomic mass is 9.79. The highest BCUT2D eigenvalue weighted by atomic mass is 32.2. The molecular formula is C26H28FN3O3S. The number of thioether (sulfide) groups is 1. The van der Waals surface area contributed by atoms with Gasteiger partial charge < -0.3 is 10.2 Å². The van der Waals surface area contributed by atoms with Crippen LogP contribution in [0.4, 0.5) is 20.6 Å². The summed E-state index contributed by atoms with van der Waals surface area (Å²) < 4.78 is 13.8. The molecule has 4 rings (SSSR count). The number of fused-ring (bicyclic) bond motifs is 1. The molecule has 34 heavy (non-hydrogen) atoms. The fourth-order valence-corrected chi connectivity index (χ4v) is 5.39. The SMILES string of the molecule is Cc1cc2c(cc1/C=C1\SC(=O)N(CC(=O)Nc3ccccc3F)C1=O)[C@@H](C)CC(C)(C)N2C. The third kappa shape index (κ3) is 4.46. The molecule has 3 amide bonds. The number of benzene rings is 2. The molecular weight excluding hydrogens is 453 g/mol. The van der Waals surface area contributed by atoms with Crippen LogP contribution in [0.1, 0.15) is 49.8 Å². The van der Waals surface area contributed by atoms with E-state index in [1.165, 1.54) is 29.4 Å². The zero-order valence-electron chi connectivity index (χ0n) is 19.9. The molecule has 0 aromatic heterocycles. The monoisotopic (exact) mass is 481 g/mol. The van der Waals surface area contributed by atoms with Crippen molar-refractivity contribution in [1.29, 1.82) is 0 Å². The highest BCUT2D eigenvalue weighted by Crippen LogP contribution is 2.44. The van der Waals surface area contributed by atoms with Gasteiger partial charge in [0, 0.05) is 18.3 Å². The first-order valence-corrected chi connectivity index (χ1v) is 12.0. The summed E-state index contributed by atoms with van der Waals surface area (Å²) in [6, 6.07) is 9.96. The van der Waals surface area contributed by atoms with Crippen LogP contribution in [0.25, 0.3) is 6.08 Å². The predicted molar refractivity (Wildman–Crippen MR) is 134 cm³/mol. The van der Waals surface area contributed by atoms with Gasteiger partial charge in [0.2, 0.25) is 5.91 Å². The summed E-state index contributed by atoms with van der Waals surface area (Å²) in [6.45, 7) is 8.17. The Morgan fingerprint density at radius 3 is 2.68 bits per heavy atom. The smallest absolute Gasteiger partial charge is 0.294 e. The van der Waals surface area contributed by atoms with E-state index in [-0.39, 0.29) is 16.1 Å². The topological polar surface area (TPSA) is 69.7 Å². The van der Waals surface area contributed by atoms with Crippen molar-refractivity contribution in [2.75, 3.05) is 23.8 Å². The number of para-hydroxylation sites is 1. The van der Waals surface area contributed by atoms with Crippen LogP contribution >= 0.6 is 11.8 Å². The van der Waals surface area contributed by atoms with Crippen LogP contribution in [0.5, 0.6) is 0 Å². The molecule has 1 saturated heterocycles. The van der Waals surface area contributed by atoms with Crippen molar-refractivity contribution in [1.82, 2.24) is 4.90 Å². The number of aryl methyl sites for hydroxylation is 1. The van der Waals surface area contributed by atoms with Crippen LogP contribution in [0.15, 0.2) is 41.3 Å². The lowest BCUT2D eigenvalue weighted by Gasteiger charge is -2.45. The third-order valence-electron chi connectivity index (χ3n) is 6.63. The molecule has 0 saturated carbocycles. The van der Waals surface area contributed by atoms with Gasteiger partial charge in [0.25, 0.3) is 11.1 Å². The maximum absolute atomic E-state index is 13.8. The van der Waals surface area contributed by atoms with Crippen molar-refractivity contribution in [3.8, 4) is 0 Å². The van der Waals surface area contributed by atoms with Crippen LogP contribution in [0, 0.1) is 12.7 Å². The zero-order chi connectivity index (χ0) is 24.8. The van der Waals surface area contributed by atoms with E-state index in [1.807, 2.05) is 6.92 Å². The number of hydrogen-bond acceptors (Lipinski definition) is 5. The first kappa shape index (κ1) is 24.0. The molecule has 0 bridgehead atoms. The fraction of sp³-hybridized carbons (Fsp3) is 0.346. The lowest BCUT2D eigenvalue weighted by Crippen LogP contribution is -2.45. The first-order chi connectivity index (χ1) is 16.0. The summed E-state index contributed by atoms with van der Waals surface area (Å²) in [5.74, 6) is -1.40. The Hall–Kier alpha value is -3.13. The number of carbonyl (C=O) groups excluding carboxylic acids is 3. The van der Waals surface area contributed by atoms with Gasteiger partial charge in [-0.3, -0.25) is 19.3 Å². The number of hydrogen-bond donors (Lipinski definition) is 1. The summed E-state index contributed by atoms with van der Waals surface area (Å²) in [5.41, 5.74) is 4.31. The Balaban J connectivity index is 1.55. The molecule has 2 aromatic carbocycles. The second-order valence-electron chi connectivity index (χ2n) is 9.54. The van der Waals surface area contributed by atoms with Gasteiger partial charge in [0.1, 0.15) is 12.4 Å². The summed E-state index contributed by atoms with van der Waals surface area (Å²) in [5, 5.41) is 1.89. The second-order valence-corrected chi connectivity index (χ2v) is 10.5. The van der Waals surface area contributed by atoms with Gasteiger partial charge in [0.15, 0.2) is 0 Å². The largest absolute Gasteiger partial charge is 0.369 e. The molecule has 6 nitrogen and oxygen atoms in total. The van der Waals surface area contributed by atoms with E-state index in [9.17, 15) is 18.8 Å². The molecule has 0 aliphatic carbocycles. The van der Waals surface area contributed by atoms with Gasteiger partial charge in [-0.1, -0.05) is 19.1 Å². The Kier molecular flexibility index (Phi) is 6.29. The highest BCUT2D eigenvalue weighted by Gasteiger charge is 2.37. The number of halogens is 1. The number of nitrogens with one attached hydrogen (secondary N) is 1. The van der Waals surface area contributed by atoms with Crippen molar-refractivity contribution >= 4 is 46.3 Å². The van der Waals surface area contributed by atoms with Crippen LogP contribution in [0.3, 0.4) is 0 Å². The normalized spacial score (nSPS) is 20.6. The standard InChI is InChI=1S/C26H28FN3O3S/c1-15-10-21-18(16(2)13-26(3,4)29(21)5)11-17(15)12-22-24(32)30(25(33)34-22)14-23(31)28-20-9-7-6-8-19(20)27/h6-12,16H,13-14H2,1-5H3,(H,28,31)/b22-12-/t16-/m0/s1. The van der Waals surface area contributed by atoms with Crippen LogP contribution in [0.2, 0.25) is 0 Å². The summed E-state index contributed by atoms with van der Waals surface area (Å²) >= 11 is 0.809. The molecule has 1 fully saturated rings. The average Bonchev–Trinajstić information content (AvgIpc) is 3.02. The van der Waals surface area contributed by atoms with Crippen LogP contribution < -0.4 is 10.2 Å². The Bertz CT molecular complexity index is 1220. The lowest BCUT2D eigenvalue weighted by molar-refractivity contribution is -0.127. The molecule has 0 spiro atoms. The first-order valence-electron chi connectivity index (χ1n) is 11.2. The highest BCUT2D eigenvalue weighted by molar-refractivity contribution is 8.18. The molecule has 178 valence electrons. The van der Waals surface area contributed by atoms with Crippen molar-refractivity contribution in [2.45, 2.75) is 45.6 Å². The molecule has 0 unspecified atom stereocenters. The Morgan fingerprint density at radius 2 is 1.97 bits per heavy atom. The van der Waals surface area contributed by atoms with Gasteiger partial charge in [-0.25, -0.2) is 4.39 Å². The summed E-state index contributed by atoms with van der Waals surface area (Å²) in [4.78, 5) is 41.2. The minimum Gasteiger partial charge on any atom is -0.369 e. The number of anilines is 2. The fourth-order valence-electron chi connectivity index (χ4n) is 4.56. The maximum Gasteiger partial charge on any atom is 0.294 e. The molecule has 1 atom stereocenters. The zero-order valence-corrected chi connectivity index (χ0v) is 20.8. The number of carbonyl (C=O) groups is 3. The molecule has 2 aliphatic rings. The number of amides is 3. The van der Waals surface area contributed by atoms with Crippen LogP contribution in [-0.2, 0) is 9.59 Å². The molecule has 2 aromatic rings. The van der Waals surface area contributed by atoms with E-state index >= 15 is 0 Å². The second kappa shape index (κ2) is 8.91. The van der Waals surface area contributed by atoms with E-state index < -0.39 is 29.4 Å². The van der Waals surface area contributed by atoms with E-state index in [1.54, 1.807) is 12.1 Å². The van der Waals surface area contributed by atoms with E-state index in [0.29, 0.717) is 5.92 Å². The summed E-state index contributed by atoms with van der Waals surface area (Å²) in [7, 11) is 2.10. The van der Waals surface area contributed by atoms with Gasteiger partial charge in [0.05, 0.1) is 10.6 Å². The van der Waals surface area contributed by atoms with Gasteiger partial charge in [-0.05, 0) is 91.9 Å². The van der Waals surface area contributed by atoms with E-state index in [0.717, 1.165) is 34.2 Å². The molecule has 8 heteroatoms. The quantitative estimate of drug-likeness (QED) is 0.582. The van der Waals surface area contributed by atoms with Crippen molar-refractivity contribution < 1.29 is 18.8 Å². The maximum atomic E-state index is 13.8. The molecule has 1 N–H and O–H groups in total. The van der Waals surface area contributed by atoms with Gasteiger partial charge in [-0.2, -0.15) is 0 Å². The van der Waals surface area contributed by atoms with E-state index in [2.05, 4.69) is 50.2 Å². The van der Waals surface area contributed by atoms with Crippen molar-refractivity contribution in [3.63, 3.8) is 0 Å². The Labute approximate surface area is 203 Å². The van der Waals surface area contributed by atoms with Crippen LogP contribution in [-0.4, -0.2) is 41.1 Å². The molecule has 2 aliphatic heterocycles. The molecule has 0 radical (unpaired) electrons.